The van der Waals surface area contributed by atoms with Crippen LogP contribution in [0.5, 0.6) is 0 Å². The maximum atomic E-state index is 5.98. The van der Waals surface area contributed by atoms with Crippen LogP contribution in [0.2, 0.25) is 15.1 Å². The quantitative estimate of drug-likeness (QED) is 0.631. The molecule has 2 aromatic carbocycles. The minimum atomic E-state index is 0.616. The Balaban J connectivity index is 1.83. The van der Waals surface area contributed by atoms with Gasteiger partial charge < -0.3 is 10.3 Å². The van der Waals surface area contributed by atoms with Gasteiger partial charge in [0, 0.05) is 44.4 Å². The number of H-pyrrole nitrogens is 1. The maximum absolute atomic E-state index is 5.98. The topological polar surface area (TPSA) is 27.8 Å². The van der Waals surface area contributed by atoms with Gasteiger partial charge in [0.2, 0.25) is 0 Å². The minimum absolute atomic E-state index is 0.616. The van der Waals surface area contributed by atoms with E-state index in [1.54, 1.807) is 6.07 Å². The lowest BCUT2D eigenvalue weighted by Crippen LogP contribution is -1.98. The van der Waals surface area contributed by atoms with Crippen LogP contribution in [0.25, 0.3) is 10.9 Å². The van der Waals surface area contributed by atoms with Crippen molar-refractivity contribution in [2.75, 3.05) is 5.32 Å². The lowest BCUT2D eigenvalue weighted by molar-refractivity contribution is 1.16. The van der Waals surface area contributed by atoms with E-state index in [0.717, 1.165) is 27.2 Å². The molecule has 0 spiro atoms. The molecule has 5 heteroatoms. The summed E-state index contributed by atoms with van der Waals surface area (Å²) in [5, 5.41) is 6.42. The molecule has 0 radical (unpaired) electrons. The normalized spacial score (nSPS) is 10.9. The van der Waals surface area contributed by atoms with Gasteiger partial charge in [-0.1, -0.05) is 40.9 Å². The van der Waals surface area contributed by atoms with E-state index in [-0.39, 0.29) is 0 Å². The minimum Gasteiger partial charge on any atom is -0.381 e. The summed E-state index contributed by atoms with van der Waals surface area (Å²) in [6.07, 6.45) is 1.97. The Morgan fingerprint density at radius 3 is 2.40 bits per heavy atom. The van der Waals surface area contributed by atoms with Gasteiger partial charge in [-0.2, -0.15) is 0 Å². The first-order valence-corrected chi connectivity index (χ1v) is 7.21. The van der Waals surface area contributed by atoms with Crippen molar-refractivity contribution >= 4 is 51.4 Å². The summed E-state index contributed by atoms with van der Waals surface area (Å²) in [4.78, 5) is 3.21. The molecule has 0 amide bonds. The van der Waals surface area contributed by atoms with Gasteiger partial charge in [0.15, 0.2) is 0 Å². The van der Waals surface area contributed by atoms with Crippen LogP contribution in [0, 0.1) is 0 Å². The fraction of sp³-hybridized carbons (Fsp3) is 0.0667. The molecular weight excluding hydrogens is 315 g/mol. The SMILES string of the molecule is Clc1cc(Cl)cc(NCc2c[nH]c3cc(Cl)ccc23)c1. The van der Waals surface area contributed by atoms with Crippen LogP contribution < -0.4 is 5.32 Å². The molecule has 0 aliphatic carbocycles. The highest BCUT2D eigenvalue weighted by atomic mass is 35.5. The summed E-state index contributed by atoms with van der Waals surface area (Å²) >= 11 is 17.9. The Kier molecular flexibility index (Phi) is 3.79. The van der Waals surface area contributed by atoms with Crippen LogP contribution in [-0.4, -0.2) is 4.98 Å². The average molecular weight is 326 g/mol. The summed E-state index contributed by atoms with van der Waals surface area (Å²) in [5.41, 5.74) is 3.08. The number of aromatic amines is 1. The van der Waals surface area contributed by atoms with E-state index in [4.69, 9.17) is 34.8 Å². The lowest BCUT2D eigenvalue weighted by atomic mass is 10.1. The fourth-order valence-electron chi connectivity index (χ4n) is 2.16. The first-order valence-electron chi connectivity index (χ1n) is 6.07. The molecule has 0 aliphatic heterocycles. The number of halogens is 3. The Morgan fingerprint density at radius 2 is 1.65 bits per heavy atom. The van der Waals surface area contributed by atoms with Gasteiger partial charge in [0.1, 0.15) is 0 Å². The molecule has 0 bridgehead atoms. The third-order valence-electron chi connectivity index (χ3n) is 3.07. The average Bonchev–Trinajstić information content (AvgIpc) is 2.77. The van der Waals surface area contributed by atoms with E-state index in [1.807, 2.05) is 36.5 Å². The van der Waals surface area contributed by atoms with E-state index in [9.17, 15) is 0 Å². The van der Waals surface area contributed by atoms with Crippen LogP contribution in [0.3, 0.4) is 0 Å². The monoisotopic (exact) mass is 324 g/mol. The van der Waals surface area contributed by atoms with Crippen LogP contribution in [-0.2, 0) is 6.54 Å². The van der Waals surface area contributed by atoms with Crippen molar-refractivity contribution < 1.29 is 0 Å². The number of hydrogen-bond acceptors (Lipinski definition) is 1. The van der Waals surface area contributed by atoms with Crippen molar-refractivity contribution in [2.45, 2.75) is 6.54 Å². The molecule has 102 valence electrons. The smallest absolute Gasteiger partial charge is 0.0472 e. The van der Waals surface area contributed by atoms with E-state index in [0.29, 0.717) is 16.6 Å². The summed E-state index contributed by atoms with van der Waals surface area (Å²) in [6.45, 7) is 0.679. The molecule has 1 heterocycles. The number of nitrogens with one attached hydrogen (secondary N) is 2. The fourth-order valence-corrected chi connectivity index (χ4v) is 2.86. The van der Waals surface area contributed by atoms with Crippen LogP contribution >= 0.6 is 34.8 Å². The van der Waals surface area contributed by atoms with Gasteiger partial charge >= 0.3 is 0 Å². The molecule has 3 aromatic rings. The van der Waals surface area contributed by atoms with Crippen molar-refractivity contribution in [2.24, 2.45) is 0 Å². The Morgan fingerprint density at radius 1 is 0.900 bits per heavy atom. The molecule has 3 rings (SSSR count). The third kappa shape index (κ3) is 2.88. The second-order valence-electron chi connectivity index (χ2n) is 4.52. The number of hydrogen-bond donors (Lipinski definition) is 2. The second-order valence-corrected chi connectivity index (χ2v) is 5.82. The summed E-state index contributed by atoms with van der Waals surface area (Å²) in [5.74, 6) is 0. The van der Waals surface area contributed by atoms with E-state index in [2.05, 4.69) is 10.3 Å². The van der Waals surface area contributed by atoms with E-state index >= 15 is 0 Å². The maximum Gasteiger partial charge on any atom is 0.0472 e. The molecule has 2 nitrogen and oxygen atoms in total. The highest BCUT2D eigenvalue weighted by Crippen LogP contribution is 2.25. The van der Waals surface area contributed by atoms with Crippen molar-refractivity contribution in [1.82, 2.24) is 4.98 Å². The van der Waals surface area contributed by atoms with Gasteiger partial charge in [-0.15, -0.1) is 0 Å². The van der Waals surface area contributed by atoms with E-state index < -0.39 is 0 Å². The lowest BCUT2D eigenvalue weighted by Gasteiger charge is -2.07. The Hall–Kier alpha value is -1.35. The summed E-state index contributed by atoms with van der Waals surface area (Å²) in [6, 6.07) is 11.2. The molecule has 2 N–H and O–H groups in total. The van der Waals surface area contributed by atoms with Crippen molar-refractivity contribution in [3.63, 3.8) is 0 Å². The van der Waals surface area contributed by atoms with Crippen LogP contribution in [0.1, 0.15) is 5.56 Å². The number of rotatable bonds is 3. The highest BCUT2D eigenvalue weighted by molar-refractivity contribution is 6.35. The Bertz CT molecular complexity index is 745. The number of anilines is 1. The van der Waals surface area contributed by atoms with Crippen molar-refractivity contribution in [1.29, 1.82) is 0 Å². The van der Waals surface area contributed by atoms with Gasteiger partial charge in [-0.3, -0.25) is 0 Å². The molecule has 20 heavy (non-hydrogen) atoms. The van der Waals surface area contributed by atoms with Gasteiger partial charge in [-0.25, -0.2) is 0 Å². The predicted octanol–water partition coefficient (Wildman–Crippen LogP) is 5.74. The third-order valence-corrected chi connectivity index (χ3v) is 3.75. The summed E-state index contributed by atoms with van der Waals surface area (Å²) < 4.78 is 0. The van der Waals surface area contributed by atoms with Crippen LogP contribution in [0.15, 0.2) is 42.6 Å². The van der Waals surface area contributed by atoms with Crippen LogP contribution in [0.4, 0.5) is 5.69 Å². The standard InChI is InChI=1S/C15H11Cl3N2/c16-10-1-2-14-9(8-20-15(14)6-10)7-19-13-4-11(17)3-12(18)5-13/h1-6,8,19-20H,7H2. The zero-order chi connectivity index (χ0) is 14.1. The molecular formula is C15H11Cl3N2. The second kappa shape index (κ2) is 5.57. The number of benzene rings is 2. The zero-order valence-electron chi connectivity index (χ0n) is 10.4. The first-order chi connectivity index (χ1) is 9.61. The molecule has 1 aromatic heterocycles. The van der Waals surface area contributed by atoms with Gasteiger partial charge in [0.05, 0.1) is 0 Å². The predicted molar refractivity (Wildman–Crippen MR) is 87.1 cm³/mol. The Labute approximate surface area is 131 Å². The summed E-state index contributed by atoms with van der Waals surface area (Å²) in [7, 11) is 0. The molecule has 0 fully saturated rings. The van der Waals surface area contributed by atoms with Gasteiger partial charge in [-0.05, 0) is 35.9 Å². The molecule has 0 aliphatic rings. The number of fused-ring (bicyclic) bond motifs is 1. The number of aromatic nitrogens is 1. The molecule has 0 saturated carbocycles. The van der Waals surface area contributed by atoms with Crippen molar-refractivity contribution in [3.05, 3.63) is 63.2 Å². The zero-order valence-corrected chi connectivity index (χ0v) is 12.7. The molecule has 0 unspecified atom stereocenters. The van der Waals surface area contributed by atoms with E-state index in [1.165, 1.54) is 0 Å². The first kappa shape index (κ1) is 13.6. The molecule has 0 atom stereocenters. The largest absolute Gasteiger partial charge is 0.381 e. The highest BCUT2D eigenvalue weighted by Gasteiger charge is 2.04. The van der Waals surface area contributed by atoms with Gasteiger partial charge in [0.25, 0.3) is 0 Å². The van der Waals surface area contributed by atoms with Crippen molar-refractivity contribution in [3.8, 4) is 0 Å². The molecule has 0 saturated heterocycles.